The molecule has 0 aliphatic carbocycles. The number of ether oxygens (including phenoxy) is 1. The van der Waals surface area contributed by atoms with E-state index in [1.807, 2.05) is 60.7 Å². The van der Waals surface area contributed by atoms with Crippen LogP contribution < -0.4 is 10.2 Å². The lowest BCUT2D eigenvalue weighted by atomic mass is 10.0. The van der Waals surface area contributed by atoms with Crippen molar-refractivity contribution in [3.05, 3.63) is 137 Å². The normalized spacial score (nSPS) is 10.7. The molecule has 0 aliphatic heterocycles. The molecular weight excluding hydrogens is 456 g/mol. The molecule has 0 saturated heterocycles. The Labute approximate surface area is 220 Å². The van der Waals surface area contributed by atoms with Gasteiger partial charge >= 0.3 is 0 Å². The first-order valence-electron chi connectivity index (χ1n) is 12.7. The van der Waals surface area contributed by atoms with Crippen LogP contribution in [0.3, 0.4) is 0 Å². The number of hydrogen-bond acceptors (Lipinski definition) is 3. The van der Waals surface area contributed by atoms with Crippen LogP contribution in [-0.2, 0) is 19.4 Å². The standard InChI is InChI=1S/C33H34N2O2/c1-24(2)31-19-14-25(3)20-32(31)37-23-28-15-17-29(18-16-28)33(36)35-34-30(21-26-10-6-4-7-11-26)22-27-12-8-5-9-13-27/h4-20,24H,21-23H2,1-3H3,(H,35,36). The van der Waals surface area contributed by atoms with Crippen molar-refractivity contribution in [3.63, 3.8) is 0 Å². The fraction of sp³-hybridized carbons (Fsp3) is 0.212. The van der Waals surface area contributed by atoms with Gasteiger partial charge < -0.3 is 4.74 Å². The number of benzene rings is 4. The summed E-state index contributed by atoms with van der Waals surface area (Å²) in [5.41, 5.74) is 9.91. The summed E-state index contributed by atoms with van der Waals surface area (Å²) in [6, 6.07) is 34.2. The minimum absolute atomic E-state index is 0.230. The molecule has 37 heavy (non-hydrogen) atoms. The average Bonchev–Trinajstić information content (AvgIpc) is 2.91. The average molecular weight is 491 g/mol. The molecule has 0 fully saturated rings. The van der Waals surface area contributed by atoms with Crippen molar-refractivity contribution in [2.24, 2.45) is 5.10 Å². The number of hydrogen-bond donors (Lipinski definition) is 1. The number of hydrazone groups is 1. The Morgan fingerprint density at radius 3 is 1.95 bits per heavy atom. The quantitative estimate of drug-likeness (QED) is 0.188. The molecule has 4 aromatic carbocycles. The van der Waals surface area contributed by atoms with E-state index in [0.717, 1.165) is 28.2 Å². The van der Waals surface area contributed by atoms with Gasteiger partial charge in [0.05, 0.1) is 0 Å². The zero-order chi connectivity index (χ0) is 26.0. The first-order valence-corrected chi connectivity index (χ1v) is 12.7. The summed E-state index contributed by atoms with van der Waals surface area (Å²) in [6.45, 7) is 6.84. The van der Waals surface area contributed by atoms with E-state index in [0.29, 0.717) is 30.9 Å². The van der Waals surface area contributed by atoms with Crippen LogP contribution in [0.2, 0.25) is 0 Å². The second-order valence-electron chi connectivity index (χ2n) is 9.63. The number of carbonyl (C=O) groups is 1. The van der Waals surface area contributed by atoms with Gasteiger partial charge in [0.15, 0.2) is 0 Å². The molecule has 0 heterocycles. The molecule has 4 aromatic rings. The van der Waals surface area contributed by atoms with Crippen molar-refractivity contribution < 1.29 is 9.53 Å². The Hall–Kier alpha value is -4.18. The smallest absolute Gasteiger partial charge is 0.271 e. The zero-order valence-corrected chi connectivity index (χ0v) is 21.8. The lowest BCUT2D eigenvalue weighted by Gasteiger charge is -2.15. The van der Waals surface area contributed by atoms with E-state index in [4.69, 9.17) is 4.74 Å². The predicted molar refractivity (Wildman–Crippen MR) is 151 cm³/mol. The van der Waals surface area contributed by atoms with Gasteiger partial charge in [-0.15, -0.1) is 0 Å². The van der Waals surface area contributed by atoms with Gasteiger partial charge in [-0.3, -0.25) is 4.79 Å². The van der Waals surface area contributed by atoms with Crippen LogP contribution in [0.4, 0.5) is 0 Å². The van der Waals surface area contributed by atoms with Crippen molar-refractivity contribution in [2.75, 3.05) is 0 Å². The van der Waals surface area contributed by atoms with Crippen molar-refractivity contribution in [3.8, 4) is 5.75 Å². The molecule has 0 radical (unpaired) electrons. The number of nitrogens with one attached hydrogen (secondary N) is 1. The molecule has 0 unspecified atom stereocenters. The van der Waals surface area contributed by atoms with Gasteiger partial charge in [-0.05, 0) is 58.9 Å². The maximum absolute atomic E-state index is 12.9. The molecular formula is C33H34N2O2. The largest absolute Gasteiger partial charge is 0.489 e. The molecule has 0 atom stereocenters. The molecule has 4 rings (SSSR count). The van der Waals surface area contributed by atoms with Gasteiger partial charge in [0.2, 0.25) is 0 Å². The van der Waals surface area contributed by atoms with Crippen molar-refractivity contribution in [1.82, 2.24) is 5.43 Å². The molecule has 188 valence electrons. The minimum atomic E-state index is -0.230. The second-order valence-corrected chi connectivity index (χ2v) is 9.63. The van der Waals surface area contributed by atoms with E-state index >= 15 is 0 Å². The van der Waals surface area contributed by atoms with Gasteiger partial charge in [0.1, 0.15) is 12.4 Å². The maximum atomic E-state index is 12.9. The molecule has 1 N–H and O–H groups in total. The van der Waals surface area contributed by atoms with Crippen molar-refractivity contribution >= 4 is 11.6 Å². The van der Waals surface area contributed by atoms with E-state index in [1.165, 1.54) is 11.1 Å². The molecule has 1 amide bonds. The SMILES string of the molecule is Cc1ccc(C(C)C)c(OCc2ccc(C(=O)NN=C(Cc3ccccc3)Cc3ccccc3)cc2)c1. The fourth-order valence-electron chi connectivity index (χ4n) is 4.16. The third-order valence-corrected chi connectivity index (χ3v) is 6.22. The number of amides is 1. The molecule has 0 bridgehead atoms. The van der Waals surface area contributed by atoms with Gasteiger partial charge in [-0.2, -0.15) is 5.10 Å². The van der Waals surface area contributed by atoms with Gasteiger partial charge in [0, 0.05) is 24.1 Å². The summed E-state index contributed by atoms with van der Waals surface area (Å²) in [5, 5.41) is 4.52. The summed E-state index contributed by atoms with van der Waals surface area (Å²) < 4.78 is 6.14. The Bertz CT molecular complexity index is 1280. The molecule has 4 heteroatoms. The highest BCUT2D eigenvalue weighted by Gasteiger charge is 2.10. The number of carbonyl (C=O) groups excluding carboxylic acids is 1. The molecule has 0 aliphatic rings. The Balaban J connectivity index is 1.41. The summed E-state index contributed by atoms with van der Waals surface area (Å²) >= 11 is 0. The van der Waals surface area contributed by atoms with Crippen LogP contribution in [0.15, 0.2) is 108 Å². The first-order chi connectivity index (χ1) is 18.0. The summed E-state index contributed by atoms with van der Waals surface area (Å²) in [5.74, 6) is 1.07. The van der Waals surface area contributed by atoms with E-state index in [9.17, 15) is 4.79 Å². The van der Waals surface area contributed by atoms with E-state index in [2.05, 4.69) is 73.8 Å². The van der Waals surface area contributed by atoms with Crippen molar-refractivity contribution in [2.45, 2.75) is 46.1 Å². The molecule has 0 aromatic heterocycles. The molecule has 4 nitrogen and oxygen atoms in total. The third-order valence-electron chi connectivity index (χ3n) is 6.22. The minimum Gasteiger partial charge on any atom is -0.489 e. The monoisotopic (exact) mass is 490 g/mol. The highest BCUT2D eigenvalue weighted by Crippen LogP contribution is 2.28. The fourth-order valence-corrected chi connectivity index (χ4v) is 4.16. The lowest BCUT2D eigenvalue weighted by Crippen LogP contribution is -2.21. The second kappa shape index (κ2) is 12.7. The van der Waals surface area contributed by atoms with Crippen LogP contribution in [0.25, 0.3) is 0 Å². The predicted octanol–water partition coefficient (Wildman–Crippen LogP) is 7.27. The number of nitrogens with zero attached hydrogens (tertiary/aromatic N) is 1. The van der Waals surface area contributed by atoms with Gasteiger partial charge in [-0.25, -0.2) is 5.43 Å². The molecule has 0 saturated carbocycles. The highest BCUT2D eigenvalue weighted by molar-refractivity contribution is 5.96. The number of rotatable bonds is 10. The summed E-state index contributed by atoms with van der Waals surface area (Å²) in [6.07, 6.45) is 1.34. The third kappa shape index (κ3) is 7.65. The summed E-state index contributed by atoms with van der Waals surface area (Å²) in [7, 11) is 0. The Morgan fingerprint density at radius 1 is 0.784 bits per heavy atom. The number of aryl methyl sites for hydroxylation is 1. The maximum Gasteiger partial charge on any atom is 0.271 e. The van der Waals surface area contributed by atoms with Crippen LogP contribution in [0.1, 0.15) is 57.9 Å². The topological polar surface area (TPSA) is 50.7 Å². The zero-order valence-electron chi connectivity index (χ0n) is 21.8. The Morgan fingerprint density at radius 2 is 1.38 bits per heavy atom. The van der Waals surface area contributed by atoms with Crippen LogP contribution in [0.5, 0.6) is 5.75 Å². The Kier molecular flexibility index (Phi) is 8.88. The van der Waals surface area contributed by atoms with Gasteiger partial charge in [0.25, 0.3) is 5.91 Å². The van der Waals surface area contributed by atoms with E-state index in [1.54, 1.807) is 0 Å². The van der Waals surface area contributed by atoms with Crippen LogP contribution in [0, 0.1) is 6.92 Å². The van der Waals surface area contributed by atoms with E-state index in [-0.39, 0.29) is 5.91 Å². The molecule has 0 spiro atoms. The van der Waals surface area contributed by atoms with Gasteiger partial charge in [-0.1, -0.05) is 98.8 Å². The van der Waals surface area contributed by atoms with Crippen molar-refractivity contribution in [1.29, 1.82) is 0 Å². The van der Waals surface area contributed by atoms with E-state index < -0.39 is 0 Å². The highest BCUT2D eigenvalue weighted by atomic mass is 16.5. The summed E-state index contributed by atoms with van der Waals surface area (Å²) in [4.78, 5) is 12.9. The van der Waals surface area contributed by atoms with Crippen LogP contribution >= 0.6 is 0 Å². The first kappa shape index (κ1) is 25.9. The lowest BCUT2D eigenvalue weighted by molar-refractivity contribution is 0.0954. The van der Waals surface area contributed by atoms with Crippen LogP contribution in [-0.4, -0.2) is 11.6 Å².